The van der Waals surface area contributed by atoms with Crippen LogP contribution in [-0.4, -0.2) is 25.9 Å². The summed E-state index contributed by atoms with van der Waals surface area (Å²) < 4.78 is 18.3. The molecule has 28 heavy (non-hydrogen) atoms. The molecule has 1 atom stereocenters. The molecule has 4 aromatic rings. The van der Waals surface area contributed by atoms with Gasteiger partial charge in [0.25, 0.3) is 5.89 Å². The summed E-state index contributed by atoms with van der Waals surface area (Å²) in [4.78, 5) is 12.3. The van der Waals surface area contributed by atoms with Gasteiger partial charge in [0.05, 0.1) is 6.54 Å². The van der Waals surface area contributed by atoms with E-state index in [0.717, 1.165) is 11.1 Å². The molecule has 3 aromatic heterocycles. The average Bonchev–Trinajstić information content (AvgIpc) is 3.44. The molecule has 0 aliphatic rings. The highest BCUT2D eigenvalue weighted by Gasteiger charge is 2.22. The number of carbonyl (C=O) groups is 1. The lowest BCUT2D eigenvalue weighted by molar-refractivity contribution is 0.0242. The lowest BCUT2D eigenvalue weighted by Gasteiger charge is -2.07. The maximum Gasteiger partial charge on any atom is 0.375 e. The number of hydrogen-bond donors (Lipinski definition) is 0. The van der Waals surface area contributed by atoms with Crippen LogP contribution in [0, 0.1) is 6.92 Å². The van der Waals surface area contributed by atoms with Crippen molar-refractivity contribution in [3.63, 3.8) is 0 Å². The van der Waals surface area contributed by atoms with Crippen molar-refractivity contribution in [3.8, 4) is 11.5 Å². The lowest BCUT2D eigenvalue weighted by Crippen LogP contribution is -2.09. The fraction of sp³-hybridized carbons (Fsp3) is 0.200. The third kappa shape index (κ3) is 3.85. The highest BCUT2D eigenvalue weighted by atomic mass is 16.6. The Kier molecular flexibility index (Phi) is 4.76. The molecule has 1 unspecified atom stereocenters. The van der Waals surface area contributed by atoms with Crippen LogP contribution < -0.4 is 0 Å². The van der Waals surface area contributed by atoms with E-state index in [9.17, 15) is 4.79 Å². The van der Waals surface area contributed by atoms with Gasteiger partial charge in [-0.1, -0.05) is 17.7 Å². The SMILES string of the molecule is Cc1ccc(-c2nnc(C(C)OC(=O)c3ccc(Cn4cccn4)o3)o2)cc1. The van der Waals surface area contributed by atoms with E-state index in [1.54, 1.807) is 29.9 Å². The van der Waals surface area contributed by atoms with E-state index in [2.05, 4.69) is 15.3 Å². The van der Waals surface area contributed by atoms with Crippen molar-refractivity contribution in [2.75, 3.05) is 0 Å². The standard InChI is InChI=1S/C20H18N4O4/c1-13-4-6-15(7-5-13)19-23-22-18(28-19)14(2)26-20(25)17-9-8-16(27-17)12-24-11-3-10-21-24/h3-11,14H,12H2,1-2H3. The van der Waals surface area contributed by atoms with E-state index < -0.39 is 12.1 Å². The zero-order valence-corrected chi connectivity index (χ0v) is 15.4. The summed E-state index contributed by atoms with van der Waals surface area (Å²) in [6.07, 6.45) is 2.78. The second kappa shape index (κ2) is 7.51. The molecule has 4 rings (SSSR count). The number of nitrogens with zero attached hydrogens (tertiary/aromatic N) is 4. The first kappa shape index (κ1) is 17.7. The van der Waals surface area contributed by atoms with Crippen LogP contribution in [0.1, 0.15) is 40.8 Å². The first-order chi connectivity index (χ1) is 13.6. The molecule has 0 saturated carbocycles. The molecule has 0 fully saturated rings. The van der Waals surface area contributed by atoms with Crippen molar-refractivity contribution in [1.29, 1.82) is 0 Å². The van der Waals surface area contributed by atoms with Crippen LogP contribution in [0.5, 0.6) is 0 Å². The third-order valence-electron chi connectivity index (χ3n) is 4.11. The molecule has 142 valence electrons. The van der Waals surface area contributed by atoms with Gasteiger partial charge in [0.15, 0.2) is 6.10 Å². The number of esters is 1. The molecule has 0 aliphatic heterocycles. The smallest absolute Gasteiger partial charge is 0.375 e. The van der Waals surface area contributed by atoms with E-state index in [1.165, 1.54) is 0 Å². The minimum absolute atomic E-state index is 0.104. The van der Waals surface area contributed by atoms with Crippen molar-refractivity contribution in [2.24, 2.45) is 0 Å². The summed E-state index contributed by atoms with van der Waals surface area (Å²) in [5.41, 5.74) is 1.94. The van der Waals surface area contributed by atoms with Gasteiger partial charge in [-0.05, 0) is 44.2 Å². The van der Waals surface area contributed by atoms with Crippen molar-refractivity contribution in [2.45, 2.75) is 26.5 Å². The van der Waals surface area contributed by atoms with Gasteiger partial charge in [-0.15, -0.1) is 10.2 Å². The first-order valence-corrected chi connectivity index (χ1v) is 8.76. The van der Waals surface area contributed by atoms with Gasteiger partial charge in [-0.2, -0.15) is 5.10 Å². The van der Waals surface area contributed by atoms with Crippen LogP contribution in [0.25, 0.3) is 11.5 Å². The molecular formula is C20H18N4O4. The Morgan fingerprint density at radius 1 is 1.14 bits per heavy atom. The maximum absolute atomic E-state index is 12.3. The van der Waals surface area contributed by atoms with Gasteiger partial charge in [0, 0.05) is 18.0 Å². The average molecular weight is 378 g/mol. The van der Waals surface area contributed by atoms with Crippen molar-refractivity contribution < 1.29 is 18.4 Å². The fourth-order valence-electron chi connectivity index (χ4n) is 2.61. The molecule has 1 aromatic carbocycles. The van der Waals surface area contributed by atoms with Crippen molar-refractivity contribution in [3.05, 3.63) is 77.8 Å². The summed E-state index contributed by atoms with van der Waals surface area (Å²) in [5.74, 6) is 0.689. The van der Waals surface area contributed by atoms with E-state index in [4.69, 9.17) is 13.6 Å². The molecule has 0 saturated heterocycles. The fourth-order valence-corrected chi connectivity index (χ4v) is 2.61. The molecule has 3 heterocycles. The Morgan fingerprint density at radius 2 is 1.96 bits per heavy atom. The lowest BCUT2D eigenvalue weighted by atomic mass is 10.1. The van der Waals surface area contributed by atoms with Crippen LogP contribution in [0.2, 0.25) is 0 Å². The normalized spacial score (nSPS) is 12.1. The highest BCUT2D eigenvalue weighted by molar-refractivity contribution is 5.86. The Hall–Kier alpha value is -3.68. The zero-order chi connectivity index (χ0) is 19.5. The number of furan rings is 1. The third-order valence-corrected chi connectivity index (χ3v) is 4.11. The predicted molar refractivity (Wildman–Crippen MR) is 98.3 cm³/mol. The quantitative estimate of drug-likeness (QED) is 0.471. The van der Waals surface area contributed by atoms with Gasteiger partial charge in [-0.3, -0.25) is 4.68 Å². The van der Waals surface area contributed by atoms with E-state index in [-0.39, 0.29) is 11.7 Å². The van der Waals surface area contributed by atoms with Crippen LogP contribution >= 0.6 is 0 Å². The monoisotopic (exact) mass is 378 g/mol. The topological polar surface area (TPSA) is 96.2 Å². The predicted octanol–water partition coefficient (Wildman–Crippen LogP) is 3.80. The molecule has 0 radical (unpaired) electrons. The number of aromatic nitrogens is 4. The largest absolute Gasteiger partial charge is 0.452 e. The van der Waals surface area contributed by atoms with E-state index in [1.807, 2.05) is 43.5 Å². The molecule has 0 bridgehead atoms. The Bertz CT molecular complexity index is 1060. The summed E-state index contributed by atoms with van der Waals surface area (Å²) in [6, 6.07) is 12.8. The number of benzene rings is 1. The van der Waals surface area contributed by atoms with E-state index in [0.29, 0.717) is 18.2 Å². The number of ether oxygens (including phenoxy) is 1. The number of rotatable bonds is 6. The number of carbonyl (C=O) groups excluding carboxylic acids is 1. The number of hydrogen-bond acceptors (Lipinski definition) is 7. The molecule has 0 aliphatic carbocycles. The second-order valence-corrected chi connectivity index (χ2v) is 6.33. The summed E-state index contributed by atoms with van der Waals surface area (Å²) >= 11 is 0. The van der Waals surface area contributed by atoms with Crippen molar-refractivity contribution in [1.82, 2.24) is 20.0 Å². The van der Waals surface area contributed by atoms with Crippen LogP contribution in [0.4, 0.5) is 0 Å². The van der Waals surface area contributed by atoms with Gasteiger partial charge < -0.3 is 13.6 Å². The Balaban J connectivity index is 1.41. The molecule has 8 nitrogen and oxygen atoms in total. The summed E-state index contributed by atoms with van der Waals surface area (Å²) in [5, 5.41) is 12.1. The second-order valence-electron chi connectivity index (χ2n) is 6.33. The van der Waals surface area contributed by atoms with Crippen LogP contribution in [0.15, 0.2) is 63.7 Å². The highest BCUT2D eigenvalue weighted by Crippen LogP contribution is 2.23. The Morgan fingerprint density at radius 3 is 2.71 bits per heavy atom. The molecule has 8 heteroatoms. The van der Waals surface area contributed by atoms with Gasteiger partial charge >= 0.3 is 5.97 Å². The van der Waals surface area contributed by atoms with E-state index >= 15 is 0 Å². The van der Waals surface area contributed by atoms with Crippen LogP contribution in [-0.2, 0) is 11.3 Å². The van der Waals surface area contributed by atoms with Crippen molar-refractivity contribution >= 4 is 5.97 Å². The maximum atomic E-state index is 12.3. The molecule has 0 N–H and O–H groups in total. The van der Waals surface area contributed by atoms with Gasteiger partial charge in [-0.25, -0.2) is 4.79 Å². The summed E-state index contributed by atoms with van der Waals surface area (Å²) in [6.45, 7) is 4.09. The summed E-state index contributed by atoms with van der Waals surface area (Å²) in [7, 11) is 0. The minimum atomic E-state index is -0.709. The first-order valence-electron chi connectivity index (χ1n) is 8.76. The molecule has 0 spiro atoms. The molecular weight excluding hydrogens is 360 g/mol. The Labute approximate surface area is 160 Å². The minimum Gasteiger partial charge on any atom is -0.452 e. The van der Waals surface area contributed by atoms with Crippen LogP contribution in [0.3, 0.4) is 0 Å². The van der Waals surface area contributed by atoms with Gasteiger partial charge in [0.1, 0.15) is 5.76 Å². The zero-order valence-electron chi connectivity index (χ0n) is 15.4. The molecule has 0 amide bonds. The van der Waals surface area contributed by atoms with Gasteiger partial charge in [0.2, 0.25) is 11.7 Å². The number of aryl methyl sites for hydroxylation is 1.